The van der Waals surface area contributed by atoms with Crippen LogP contribution in [0.5, 0.6) is 0 Å². The van der Waals surface area contributed by atoms with E-state index in [0.29, 0.717) is 6.54 Å². The zero-order valence-corrected chi connectivity index (χ0v) is 12.6. The van der Waals surface area contributed by atoms with Crippen LogP contribution in [0.1, 0.15) is 33.6 Å². The monoisotopic (exact) mass is 295 g/mol. The highest BCUT2D eigenvalue weighted by Gasteiger charge is 2.33. The van der Waals surface area contributed by atoms with E-state index in [2.05, 4.69) is 4.98 Å². The van der Waals surface area contributed by atoms with Gasteiger partial charge in [0, 0.05) is 18.9 Å². The molecule has 1 aliphatic heterocycles. The number of carbonyl (C=O) groups is 2. The normalized spacial score (nSPS) is 18.6. The summed E-state index contributed by atoms with van der Waals surface area (Å²) in [6, 6.07) is -0.132. The third-order valence-electron chi connectivity index (χ3n) is 3.12. The van der Waals surface area contributed by atoms with Crippen molar-refractivity contribution in [3.05, 3.63) is 18.7 Å². The number of amides is 1. The molecular formula is C14H21N3O4. The predicted molar refractivity (Wildman–Crippen MR) is 74.9 cm³/mol. The van der Waals surface area contributed by atoms with E-state index in [0.717, 1.165) is 12.8 Å². The molecule has 2 rings (SSSR count). The average molecular weight is 295 g/mol. The fourth-order valence-electron chi connectivity index (χ4n) is 2.18. The number of rotatable bonds is 2. The van der Waals surface area contributed by atoms with Crippen LogP contribution >= 0.6 is 0 Å². The summed E-state index contributed by atoms with van der Waals surface area (Å²) in [7, 11) is 0. The van der Waals surface area contributed by atoms with Gasteiger partial charge in [-0.1, -0.05) is 0 Å². The van der Waals surface area contributed by atoms with Crippen molar-refractivity contribution in [1.29, 1.82) is 0 Å². The molecule has 0 spiro atoms. The second-order valence-corrected chi connectivity index (χ2v) is 6.02. The number of hydrogen-bond acceptors (Lipinski definition) is 5. The van der Waals surface area contributed by atoms with Crippen LogP contribution in [0.2, 0.25) is 0 Å². The molecule has 2 heterocycles. The minimum Gasteiger partial charge on any atom is -0.447 e. The summed E-state index contributed by atoms with van der Waals surface area (Å²) >= 11 is 0. The molecule has 1 aromatic heterocycles. The molecule has 0 bridgehead atoms. The maximum absolute atomic E-state index is 12.1. The van der Waals surface area contributed by atoms with Crippen molar-refractivity contribution in [2.24, 2.45) is 0 Å². The van der Waals surface area contributed by atoms with E-state index < -0.39 is 11.7 Å². The Morgan fingerprint density at radius 3 is 2.71 bits per heavy atom. The lowest BCUT2D eigenvalue weighted by atomic mass is 10.2. The van der Waals surface area contributed by atoms with Crippen LogP contribution in [0.4, 0.5) is 9.59 Å². The fourth-order valence-corrected chi connectivity index (χ4v) is 2.18. The molecule has 7 nitrogen and oxygen atoms in total. The highest BCUT2D eigenvalue weighted by molar-refractivity contribution is 5.70. The first-order chi connectivity index (χ1) is 9.87. The molecule has 1 aliphatic rings. The van der Waals surface area contributed by atoms with E-state index in [1.807, 2.05) is 20.8 Å². The van der Waals surface area contributed by atoms with Gasteiger partial charge in [-0.2, -0.15) is 0 Å². The van der Waals surface area contributed by atoms with Gasteiger partial charge in [-0.3, -0.25) is 0 Å². The number of carbonyl (C=O) groups excluding carboxylic acids is 2. The zero-order valence-electron chi connectivity index (χ0n) is 12.6. The van der Waals surface area contributed by atoms with E-state index in [4.69, 9.17) is 9.47 Å². The third-order valence-corrected chi connectivity index (χ3v) is 3.12. The first-order valence-corrected chi connectivity index (χ1v) is 7.01. The van der Waals surface area contributed by atoms with Crippen molar-refractivity contribution in [2.75, 3.05) is 13.2 Å². The van der Waals surface area contributed by atoms with Gasteiger partial charge in [0.15, 0.2) is 0 Å². The van der Waals surface area contributed by atoms with Gasteiger partial charge >= 0.3 is 12.2 Å². The molecule has 0 aromatic carbocycles. The fraction of sp³-hybridized carbons (Fsp3) is 0.643. The molecular weight excluding hydrogens is 274 g/mol. The second kappa shape index (κ2) is 6.15. The number of hydrogen-bond donors (Lipinski definition) is 0. The first-order valence-electron chi connectivity index (χ1n) is 7.01. The van der Waals surface area contributed by atoms with Crippen LogP contribution in [0, 0.1) is 0 Å². The lowest BCUT2D eigenvalue weighted by Crippen LogP contribution is -2.42. The van der Waals surface area contributed by atoms with E-state index in [-0.39, 0.29) is 18.7 Å². The van der Waals surface area contributed by atoms with Crippen LogP contribution in [0.3, 0.4) is 0 Å². The van der Waals surface area contributed by atoms with Gasteiger partial charge in [-0.15, -0.1) is 0 Å². The van der Waals surface area contributed by atoms with Gasteiger partial charge in [-0.25, -0.2) is 19.1 Å². The van der Waals surface area contributed by atoms with E-state index >= 15 is 0 Å². The van der Waals surface area contributed by atoms with Crippen molar-refractivity contribution in [3.8, 4) is 0 Å². The summed E-state index contributed by atoms with van der Waals surface area (Å²) in [5.74, 6) is 0. The minimum absolute atomic E-state index is 0.132. The summed E-state index contributed by atoms with van der Waals surface area (Å²) in [6.07, 6.45) is 5.23. The molecule has 0 saturated carbocycles. The Balaban J connectivity index is 1.87. The van der Waals surface area contributed by atoms with Crippen LogP contribution in [0.15, 0.2) is 18.7 Å². The Morgan fingerprint density at radius 1 is 1.33 bits per heavy atom. The SMILES string of the molecule is CC(C)(C)OC(=O)N1CCC[C@H]1COC(=O)n1ccnc1. The van der Waals surface area contributed by atoms with E-state index in [1.54, 1.807) is 4.90 Å². The molecule has 0 radical (unpaired) electrons. The summed E-state index contributed by atoms with van der Waals surface area (Å²) in [6.45, 7) is 6.28. The van der Waals surface area contributed by atoms with Crippen molar-refractivity contribution >= 4 is 12.2 Å². The Bertz CT molecular complexity index is 493. The second-order valence-electron chi connectivity index (χ2n) is 6.02. The van der Waals surface area contributed by atoms with Gasteiger partial charge in [0.25, 0.3) is 0 Å². The smallest absolute Gasteiger partial charge is 0.419 e. The average Bonchev–Trinajstić information content (AvgIpc) is 3.04. The Kier molecular flexibility index (Phi) is 4.50. The predicted octanol–water partition coefficient (Wildman–Crippen LogP) is 2.27. The lowest BCUT2D eigenvalue weighted by molar-refractivity contribution is 0.0160. The minimum atomic E-state index is -0.530. The van der Waals surface area contributed by atoms with Gasteiger partial charge in [0.1, 0.15) is 18.5 Å². The summed E-state index contributed by atoms with van der Waals surface area (Å²) in [5, 5.41) is 0. The van der Waals surface area contributed by atoms with E-state index in [9.17, 15) is 9.59 Å². The number of ether oxygens (including phenoxy) is 2. The summed E-state index contributed by atoms with van der Waals surface area (Å²) in [5.41, 5.74) is -0.530. The highest BCUT2D eigenvalue weighted by atomic mass is 16.6. The molecule has 1 amide bonds. The zero-order chi connectivity index (χ0) is 15.5. The van der Waals surface area contributed by atoms with Gasteiger partial charge in [-0.05, 0) is 33.6 Å². The molecule has 0 unspecified atom stereocenters. The van der Waals surface area contributed by atoms with Crippen LogP contribution in [0.25, 0.3) is 0 Å². The van der Waals surface area contributed by atoms with Crippen molar-refractivity contribution in [2.45, 2.75) is 45.3 Å². The first kappa shape index (κ1) is 15.3. The molecule has 1 aromatic rings. The van der Waals surface area contributed by atoms with Crippen molar-refractivity contribution in [1.82, 2.24) is 14.5 Å². The molecule has 0 N–H and O–H groups in total. The molecule has 116 valence electrons. The van der Waals surface area contributed by atoms with Crippen LogP contribution in [-0.2, 0) is 9.47 Å². The van der Waals surface area contributed by atoms with Crippen molar-refractivity contribution < 1.29 is 19.1 Å². The quantitative estimate of drug-likeness (QED) is 0.836. The third kappa shape index (κ3) is 4.21. The van der Waals surface area contributed by atoms with Crippen LogP contribution in [-0.4, -0.2) is 51.4 Å². The van der Waals surface area contributed by atoms with Crippen LogP contribution < -0.4 is 0 Å². The van der Waals surface area contributed by atoms with E-state index in [1.165, 1.54) is 23.3 Å². The molecule has 1 saturated heterocycles. The standard InChI is InChI=1S/C14H21N3O4/c1-14(2,3)21-13(19)17-7-4-5-11(17)9-20-12(18)16-8-6-15-10-16/h6,8,10-11H,4-5,7,9H2,1-3H3/t11-/m0/s1. The molecule has 1 atom stereocenters. The van der Waals surface area contributed by atoms with Gasteiger partial charge < -0.3 is 14.4 Å². The molecule has 1 fully saturated rings. The highest BCUT2D eigenvalue weighted by Crippen LogP contribution is 2.21. The lowest BCUT2D eigenvalue weighted by Gasteiger charge is -2.28. The maximum atomic E-state index is 12.1. The van der Waals surface area contributed by atoms with Crippen molar-refractivity contribution in [3.63, 3.8) is 0 Å². The van der Waals surface area contributed by atoms with Gasteiger partial charge in [0.05, 0.1) is 6.04 Å². The number of aromatic nitrogens is 2. The van der Waals surface area contributed by atoms with Gasteiger partial charge in [0.2, 0.25) is 0 Å². The molecule has 21 heavy (non-hydrogen) atoms. The number of nitrogens with zero attached hydrogens (tertiary/aromatic N) is 3. The number of imidazole rings is 1. The maximum Gasteiger partial charge on any atom is 0.419 e. The Morgan fingerprint density at radius 2 is 2.10 bits per heavy atom. The summed E-state index contributed by atoms with van der Waals surface area (Å²) in [4.78, 5) is 29.2. The molecule has 7 heteroatoms. The number of likely N-dealkylation sites (tertiary alicyclic amines) is 1. The Labute approximate surface area is 123 Å². The topological polar surface area (TPSA) is 73.7 Å². The Hall–Kier alpha value is -2.05. The summed E-state index contributed by atoms with van der Waals surface area (Å²) < 4.78 is 11.8. The molecule has 0 aliphatic carbocycles. The largest absolute Gasteiger partial charge is 0.447 e.